The van der Waals surface area contributed by atoms with Crippen molar-refractivity contribution >= 4 is 96.9 Å². The van der Waals surface area contributed by atoms with E-state index in [2.05, 4.69) is 0 Å². The standard InChI is InChI=1S/C15H13Cl7Si3/c16-23(17)13(11-7-3-1-4-8-11)14(12-9-5-2-6-10-12)24(18,19)15(23)25(20,21)22/h1-10,13-15H/t13-,14-/m0/s1. The zero-order valence-electron chi connectivity index (χ0n) is 12.7. The van der Waals surface area contributed by atoms with Crippen LogP contribution in [0.4, 0.5) is 0 Å². The van der Waals surface area contributed by atoms with Crippen molar-refractivity contribution < 1.29 is 0 Å². The summed E-state index contributed by atoms with van der Waals surface area (Å²) >= 11 is 47.2. The molecule has 0 unspecified atom stereocenters. The summed E-state index contributed by atoms with van der Waals surface area (Å²) in [6.45, 7) is -6.30. The largest absolute Gasteiger partial charge is 0.344 e. The Morgan fingerprint density at radius 3 is 1.20 bits per heavy atom. The Labute approximate surface area is 183 Å². The molecule has 0 aromatic heterocycles. The maximum atomic E-state index is 7.00. The smallest absolute Gasteiger partial charge is 0.145 e. The normalized spacial score (nSPS) is 25.9. The summed E-state index contributed by atoms with van der Waals surface area (Å²) in [4.78, 5) is -0.598. The summed E-state index contributed by atoms with van der Waals surface area (Å²) in [5.41, 5.74) is 1.54. The molecular weight excluding hydrogens is 513 g/mol. The molecule has 0 saturated carbocycles. The van der Waals surface area contributed by atoms with Crippen LogP contribution in [0.2, 0.25) is 4.79 Å². The molecule has 1 fully saturated rings. The third-order valence-electron chi connectivity index (χ3n) is 4.58. The minimum absolute atomic E-state index is 0.228. The van der Waals surface area contributed by atoms with Crippen LogP contribution in [0.1, 0.15) is 22.2 Å². The second-order valence-electron chi connectivity index (χ2n) is 6.10. The predicted octanol–water partition coefficient (Wildman–Crippen LogP) is 7.59. The third-order valence-corrected chi connectivity index (χ3v) is 33.2. The minimum Gasteiger partial charge on any atom is -0.145 e. The second kappa shape index (κ2) is 7.51. The Morgan fingerprint density at radius 1 is 0.600 bits per heavy atom. The first-order chi connectivity index (χ1) is 11.6. The van der Waals surface area contributed by atoms with Crippen LogP contribution in [0.5, 0.6) is 0 Å². The van der Waals surface area contributed by atoms with E-state index in [-0.39, 0.29) is 11.1 Å². The van der Waals surface area contributed by atoms with E-state index in [1.54, 1.807) is 0 Å². The van der Waals surface area contributed by atoms with Crippen LogP contribution in [0, 0.1) is 0 Å². The fourth-order valence-corrected chi connectivity index (χ4v) is 49.9. The van der Waals surface area contributed by atoms with Crippen molar-refractivity contribution in [2.75, 3.05) is 0 Å². The fourth-order valence-electron chi connectivity index (χ4n) is 3.65. The molecule has 0 spiro atoms. The molecule has 10 heteroatoms. The summed E-state index contributed by atoms with van der Waals surface area (Å²) in [7, 11) is 0. The molecule has 1 aliphatic rings. The van der Waals surface area contributed by atoms with Gasteiger partial charge in [-0.25, -0.2) is 0 Å². The Hall–Kier alpha value is 1.12. The quantitative estimate of drug-likeness (QED) is 0.286. The molecule has 2 atom stereocenters. The van der Waals surface area contributed by atoms with Crippen molar-refractivity contribution in [3.8, 4) is 0 Å². The first kappa shape index (κ1) is 20.8. The third kappa shape index (κ3) is 3.84. The van der Waals surface area contributed by atoms with Crippen molar-refractivity contribution in [1.82, 2.24) is 0 Å². The average molecular weight is 526 g/mol. The van der Waals surface area contributed by atoms with Gasteiger partial charge in [-0.2, -0.15) is 0 Å². The van der Waals surface area contributed by atoms with Crippen LogP contribution in [0.15, 0.2) is 60.7 Å². The molecule has 134 valence electrons. The molecule has 1 aliphatic heterocycles. The monoisotopic (exact) mass is 522 g/mol. The van der Waals surface area contributed by atoms with E-state index in [1.165, 1.54) is 0 Å². The predicted molar refractivity (Wildman–Crippen MR) is 120 cm³/mol. The second-order valence-corrected chi connectivity index (χ2v) is 30.4. The summed E-state index contributed by atoms with van der Waals surface area (Å²) < 4.78 is 0. The summed E-state index contributed by atoms with van der Waals surface area (Å²) in [6, 6.07) is 16.3. The highest BCUT2D eigenvalue weighted by molar-refractivity contribution is 7.77. The molecule has 2 aromatic rings. The Bertz CT molecular complexity index is 676. The molecule has 0 nitrogen and oxygen atoms in total. The molecule has 25 heavy (non-hydrogen) atoms. The molecule has 1 heterocycles. The first-order valence-electron chi connectivity index (χ1n) is 7.50. The molecule has 0 amide bonds. The number of benzene rings is 2. The number of hydrogen-bond donors (Lipinski definition) is 0. The van der Waals surface area contributed by atoms with Gasteiger partial charge in [0.05, 0.1) is 0 Å². The van der Waals surface area contributed by atoms with Crippen molar-refractivity contribution in [2.24, 2.45) is 0 Å². The van der Waals surface area contributed by atoms with E-state index >= 15 is 0 Å². The Balaban J connectivity index is 2.25. The lowest BCUT2D eigenvalue weighted by Crippen LogP contribution is -2.46. The maximum absolute atomic E-state index is 7.00. The van der Waals surface area contributed by atoms with Crippen molar-refractivity contribution in [3.05, 3.63) is 71.8 Å². The highest BCUT2D eigenvalue weighted by Gasteiger charge is 2.76. The highest BCUT2D eigenvalue weighted by Crippen LogP contribution is 2.69. The minimum atomic E-state index is -3.33. The molecule has 2 aromatic carbocycles. The fraction of sp³-hybridized carbons (Fsp3) is 0.200. The van der Waals surface area contributed by atoms with E-state index in [4.69, 9.17) is 77.6 Å². The molecule has 0 bridgehead atoms. The molecular formula is C15H13Cl7Si3. The van der Waals surface area contributed by atoms with Gasteiger partial charge in [-0.05, 0) is 11.1 Å². The average Bonchev–Trinajstić information content (AvgIpc) is 2.69. The molecule has 0 aliphatic carbocycles. The van der Waals surface area contributed by atoms with Crippen LogP contribution in [0.25, 0.3) is 0 Å². The van der Waals surface area contributed by atoms with Gasteiger partial charge in [0, 0.05) is 15.9 Å². The van der Waals surface area contributed by atoms with Crippen molar-refractivity contribution in [1.29, 1.82) is 0 Å². The van der Waals surface area contributed by atoms with Crippen LogP contribution in [-0.2, 0) is 0 Å². The molecule has 0 radical (unpaired) electrons. The van der Waals surface area contributed by atoms with Gasteiger partial charge in [-0.1, -0.05) is 60.7 Å². The zero-order valence-corrected chi connectivity index (χ0v) is 20.9. The van der Waals surface area contributed by atoms with Crippen LogP contribution >= 0.6 is 77.6 Å². The highest BCUT2D eigenvalue weighted by atomic mass is 35.8. The van der Waals surface area contributed by atoms with E-state index in [9.17, 15) is 0 Å². The van der Waals surface area contributed by atoms with Crippen LogP contribution in [0.3, 0.4) is 0 Å². The summed E-state index contributed by atoms with van der Waals surface area (Å²) in [5, 5.41) is 0. The number of rotatable bonds is 3. The van der Waals surface area contributed by atoms with Crippen LogP contribution < -0.4 is 0 Å². The van der Waals surface area contributed by atoms with Gasteiger partial charge in [0.25, 0.3) is 13.4 Å². The Kier molecular flexibility index (Phi) is 6.26. The molecule has 1 saturated heterocycles. The van der Waals surface area contributed by atoms with E-state index in [0.717, 1.165) is 11.1 Å². The van der Waals surface area contributed by atoms with Gasteiger partial charge in [0.2, 0.25) is 0 Å². The SMILES string of the molecule is Cl[Si](Cl)(Cl)C1[Si](Cl)(Cl)[C@@H](c2ccccc2)[C@H](c2ccccc2)[Si]1(Cl)Cl. The molecule has 3 rings (SSSR count). The summed E-state index contributed by atoms with van der Waals surface area (Å²) in [5.74, 6) is 0. The lowest BCUT2D eigenvalue weighted by atomic mass is 10.0. The molecule has 0 N–H and O–H groups in total. The first-order valence-corrected chi connectivity index (χ1v) is 21.0. The van der Waals surface area contributed by atoms with Gasteiger partial charge in [0.15, 0.2) is 0 Å². The summed E-state index contributed by atoms with van der Waals surface area (Å²) in [6.07, 6.45) is 0. The maximum Gasteiger partial charge on any atom is 0.344 e. The van der Waals surface area contributed by atoms with Gasteiger partial charge in [0.1, 0.15) is 0 Å². The Morgan fingerprint density at radius 2 is 0.920 bits per heavy atom. The van der Waals surface area contributed by atoms with Crippen molar-refractivity contribution in [2.45, 2.75) is 15.9 Å². The van der Waals surface area contributed by atoms with Gasteiger partial charge in [-0.15, -0.1) is 77.6 Å². The van der Waals surface area contributed by atoms with Gasteiger partial charge >= 0.3 is 6.00 Å². The van der Waals surface area contributed by atoms with Crippen LogP contribution in [-0.4, -0.2) is 19.4 Å². The number of hydrogen-bond acceptors (Lipinski definition) is 0. The number of halogens is 7. The van der Waals surface area contributed by atoms with E-state index < -0.39 is 24.2 Å². The zero-order chi connectivity index (χ0) is 18.5. The van der Waals surface area contributed by atoms with Gasteiger partial charge < -0.3 is 0 Å². The van der Waals surface area contributed by atoms with E-state index in [1.807, 2.05) is 60.7 Å². The topological polar surface area (TPSA) is 0 Å². The lowest BCUT2D eigenvalue weighted by Gasteiger charge is -2.31. The van der Waals surface area contributed by atoms with E-state index in [0.29, 0.717) is 0 Å². The lowest BCUT2D eigenvalue weighted by molar-refractivity contribution is 0.866. The van der Waals surface area contributed by atoms with Crippen molar-refractivity contribution in [3.63, 3.8) is 0 Å². The van der Waals surface area contributed by atoms with Gasteiger partial charge in [-0.3, -0.25) is 0 Å².